The average Bonchev–Trinajstić information content (AvgIpc) is 3.69. The second kappa shape index (κ2) is 25.5. The van der Waals surface area contributed by atoms with Crippen molar-refractivity contribution in [3.63, 3.8) is 0 Å². The minimum atomic E-state index is -1.38. The van der Waals surface area contributed by atoms with Gasteiger partial charge < -0.3 is 74.0 Å². The van der Waals surface area contributed by atoms with Crippen LogP contribution in [0.5, 0.6) is 0 Å². The Morgan fingerprint density at radius 3 is 1.24 bits per heavy atom. The van der Waals surface area contributed by atoms with Gasteiger partial charge in [-0.1, -0.05) is 0 Å². The van der Waals surface area contributed by atoms with E-state index in [2.05, 4.69) is 41.2 Å². The number of carboxylic acids is 2. The third-order valence-electron chi connectivity index (χ3n) is 7.43. The van der Waals surface area contributed by atoms with Crippen molar-refractivity contribution in [2.45, 2.75) is 89.4 Å². The van der Waals surface area contributed by atoms with Crippen LogP contribution in [0.4, 0.5) is 0 Å². The molecule has 2 rings (SSSR count). The fraction of sp³-hybridized carbons (Fsp3) is 0.600. The molecule has 0 unspecified atom stereocenters. The molecule has 4 amide bonds. The number of imidazole rings is 2. The molecule has 0 bridgehead atoms. The molecule has 2 heterocycles. The molecule has 0 aliphatic heterocycles. The molecule has 0 aromatic carbocycles. The van der Waals surface area contributed by atoms with Crippen LogP contribution < -0.4 is 54.4 Å². The molecule has 14 N–H and O–H groups in total. The summed E-state index contributed by atoms with van der Waals surface area (Å²) in [6.45, 7) is 3.84. The van der Waals surface area contributed by atoms with Gasteiger partial charge in [0.05, 0.1) is 61.2 Å². The van der Waals surface area contributed by atoms with Gasteiger partial charge in [-0.3, -0.25) is 19.2 Å². The maximum absolute atomic E-state index is 12.5. The van der Waals surface area contributed by atoms with E-state index in [9.17, 15) is 39.0 Å². The van der Waals surface area contributed by atoms with Crippen LogP contribution in [0.15, 0.2) is 12.7 Å². The van der Waals surface area contributed by atoms with Crippen LogP contribution in [0.3, 0.4) is 0 Å². The fourth-order valence-electron chi connectivity index (χ4n) is 4.53. The third kappa shape index (κ3) is 17.9. The number of H-pyrrole nitrogens is 2. The smallest absolute Gasteiger partial charge is 0.548 e. The molecule has 0 saturated carbocycles. The number of aliphatic carboxylic acids is 2. The third-order valence-corrected chi connectivity index (χ3v) is 7.43. The molecule has 0 aliphatic carbocycles. The summed E-state index contributed by atoms with van der Waals surface area (Å²) in [5, 5.41) is 32.2. The molecular weight excluding hydrogens is 720 g/mol. The first-order chi connectivity index (χ1) is 23.8. The summed E-state index contributed by atoms with van der Waals surface area (Å²) in [6, 6.07) is -4.29. The van der Waals surface area contributed by atoms with Crippen molar-refractivity contribution in [1.82, 2.24) is 41.2 Å². The molecular formula is C30H50CuN12O8. The first kappa shape index (κ1) is 46.6. The number of nitrogens with one attached hydrogen (secondary N) is 6. The van der Waals surface area contributed by atoms with Gasteiger partial charge in [0, 0.05) is 24.2 Å². The van der Waals surface area contributed by atoms with Crippen molar-refractivity contribution in [3.05, 3.63) is 35.4 Å². The van der Waals surface area contributed by atoms with E-state index in [-0.39, 0.29) is 55.8 Å². The van der Waals surface area contributed by atoms with Crippen LogP contribution >= 0.6 is 0 Å². The van der Waals surface area contributed by atoms with E-state index < -0.39 is 59.7 Å². The van der Waals surface area contributed by atoms with Crippen molar-refractivity contribution >= 4 is 35.6 Å². The minimum Gasteiger partial charge on any atom is -0.548 e. The van der Waals surface area contributed by atoms with E-state index in [1.807, 2.05) is 0 Å². The summed E-state index contributed by atoms with van der Waals surface area (Å²) in [6.07, 6.45) is 5.90. The molecule has 21 heteroatoms. The van der Waals surface area contributed by atoms with Crippen molar-refractivity contribution in [3.8, 4) is 0 Å². The van der Waals surface area contributed by atoms with Gasteiger partial charge in [0.15, 0.2) is 0 Å². The Labute approximate surface area is 306 Å². The molecule has 1 radical (unpaired) electrons. The number of amides is 4. The SMILES string of the molecule is Cc1[nH]cnc1C[C@H](NC(=O)CN)C(=O)N[C@@H](CCCCN)C(=O)[O-].Cc1[nH]cnc1C[C@H](NC(=O)CN)C(=O)N[C@@H](CCCCN)C(=O)[O-].[Cu+2]. The van der Waals surface area contributed by atoms with Gasteiger partial charge in [-0.2, -0.15) is 0 Å². The summed E-state index contributed by atoms with van der Waals surface area (Å²) in [7, 11) is 0. The van der Waals surface area contributed by atoms with E-state index in [1.165, 1.54) is 12.7 Å². The molecule has 0 aliphatic rings. The standard InChI is InChI=1S/2C15H26N6O4.Cu/c2*1-9-11(19-8-18-9)6-12(20-13(22)7-17)14(23)21-10(15(24)25)4-2-3-5-16;/h2*8,10,12H,2-7,16-17H2,1H3,(H,18,19)(H,20,22)(H,21,23)(H,24,25);/q;;+2/p-2/t2*10-,12-;/m00./s1. The Balaban J connectivity index is 0.000000962. The van der Waals surface area contributed by atoms with Crippen LogP contribution in [0.2, 0.25) is 0 Å². The summed E-state index contributed by atoms with van der Waals surface area (Å²) < 4.78 is 0. The number of hydrogen-bond acceptors (Lipinski definition) is 14. The van der Waals surface area contributed by atoms with E-state index in [0.29, 0.717) is 50.2 Å². The second-order valence-electron chi connectivity index (χ2n) is 11.3. The Bertz CT molecular complexity index is 1290. The fourth-order valence-corrected chi connectivity index (χ4v) is 4.53. The molecule has 4 atom stereocenters. The average molecular weight is 770 g/mol. The van der Waals surface area contributed by atoms with Crippen molar-refractivity contribution in [1.29, 1.82) is 0 Å². The molecule has 51 heavy (non-hydrogen) atoms. The normalized spacial score (nSPS) is 12.8. The zero-order valence-corrected chi connectivity index (χ0v) is 29.7. The zero-order valence-electron chi connectivity index (χ0n) is 28.7. The molecule has 20 nitrogen and oxygen atoms in total. The number of hydrogen-bond donors (Lipinski definition) is 10. The number of aromatic amines is 2. The predicted molar refractivity (Wildman–Crippen MR) is 176 cm³/mol. The van der Waals surface area contributed by atoms with E-state index in [1.54, 1.807) is 13.8 Å². The van der Waals surface area contributed by atoms with Crippen LogP contribution in [0.1, 0.15) is 61.3 Å². The van der Waals surface area contributed by atoms with Crippen molar-refractivity contribution < 1.29 is 56.0 Å². The minimum absolute atomic E-state index is 0. The van der Waals surface area contributed by atoms with Gasteiger partial charge in [-0.25, -0.2) is 9.97 Å². The maximum atomic E-state index is 12.5. The summed E-state index contributed by atoms with van der Waals surface area (Å²) >= 11 is 0. The van der Waals surface area contributed by atoms with Gasteiger partial charge in [0.25, 0.3) is 0 Å². The number of nitrogens with zero attached hydrogens (tertiary/aromatic N) is 2. The number of carbonyl (C=O) groups is 6. The largest absolute Gasteiger partial charge is 2.00 e. The van der Waals surface area contributed by atoms with Gasteiger partial charge >= 0.3 is 17.1 Å². The van der Waals surface area contributed by atoms with Crippen LogP contribution in [-0.4, -0.2) is 106 Å². The number of unbranched alkanes of at least 4 members (excludes halogenated alkanes) is 2. The van der Waals surface area contributed by atoms with Gasteiger partial charge in [-0.15, -0.1) is 0 Å². The Hall–Kier alpha value is -4.40. The molecule has 0 spiro atoms. The van der Waals surface area contributed by atoms with Gasteiger partial charge in [0.1, 0.15) is 12.1 Å². The van der Waals surface area contributed by atoms with E-state index in [4.69, 9.17) is 22.9 Å². The monoisotopic (exact) mass is 769 g/mol. The van der Waals surface area contributed by atoms with E-state index >= 15 is 0 Å². The quantitative estimate of drug-likeness (QED) is 0.0394. The number of aromatic nitrogens is 4. The Kier molecular flexibility index (Phi) is 23.3. The number of rotatable bonds is 22. The van der Waals surface area contributed by atoms with E-state index in [0.717, 1.165) is 11.4 Å². The van der Waals surface area contributed by atoms with Crippen molar-refractivity contribution in [2.24, 2.45) is 22.9 Å². The van der Waals surface area contributed by atoms with Crippen LogP contribution in [0, 0.1) is 13.8 Å². The van der Waals surface area contributed by atoms with Crippen LogP contribution in [-0.2, 0) is 58.7 Å². The Morgan fingerprint density at radius 1 is 0.627 bits per heavy atom. The predicted octanol–water partition coefficient (Wildman–Crippen LogP) is -5.87. The summed E-state index contributed by atoms with van der Waals surface area (Å²) in [5.41, 5.74) is 24.0. The maximum Gasteiger partial charge on any atom is 2.00 e. The Morgan fingerprint density at radius 2 is 0.980 bits per heavy atom. The molecule has 0 fully saturated rings. The topological polar surface area (TPSA) is 358 Å². The molecule has 0 saturated heterocycles. The number of aryl methyl sites for hydroxylation is 2. The molecule has 2 aromatic heterocycles. The zero-order chi connectivity index (χ0) is 37.6. The summed E-state index contributed by atoms with van der Waals surface area (Å²) in [5.74, 6) is -5.09. The second-order valence-corrected chi connectivity index (χ2v) is 11.3. The van der Waals surface area contributed by atoms with Gasteiger partial charge in [-0.05, 0) is 65.5 Å². The summed E-state index contributed by atoms with van der Waals surface area (Å²) in [4.78, 5) is 84.5. The van der Waals surface area contributed by atoms with Crippen LogP contribution in [0.25, 0.3) is 0 Å². The molecule has 289 valence electrons. The first-order valence-electron chi connectivity index (χ1n) is 16.2. The number of nitrogens with two attached hydrogens (primary N) is 4. The first-order valence-corrected chi connectivity index (χ1v) is 16.2. The number of carboxylic acid groups (broad SMARTS) is 2. The molecule has 2 aromatic rings. The number of carbonyl (C=O) groups excluding carboxylic acids is 6. The van der Waals surface area contributed by atoms with Gasteiger partial charge in [0.2, 0.25) is 23.6 Å². The van der Waals surface area contributed by atoms with Crippen molar-refractivity contribution in [2.75, 3.05) is 26.2 Å².